The van der Waals surface area contributed by atoms with Crippen LogP contribution < -0.4 is 4.74 Å². The number of unbranched alkanes of at least 4 members (excludes halogenated alkanes) is 1. The molecular formula is C22H29FO6. The third-order valence-corrected chi connectivity index (χ3v) is 5.05. The molecule has 0 amide bonds. The van der Waals surface area contributed by atoms with E-state index in [-0.39, 0.29) is 37.0 Å². The molecule has 0 radical (unpaired) electrons. The van der Waals surface area contributed by atoms with Gasteiger partial charge in [0.2, 0.25) is 0 Å². The minimum atomic E-state index is -0.980. The van der Waals surface area contributed by atoms with Gasteiger partial charge in [-0.2, -0.15) is 0 Å². The van der Waals surface area contributed by atoms with Crippen molar-refractivity contribution in [3.63, 3.8) is 0 Å². The highest BCUT2D eigenvalue weighted by atomic mass is 19.1. The summed E-state index contributed by atoms with van der Waals surface area (Å²) in [7, 11) is 0. The summed E-state index contributed by atoms with van der Waals surface area (Å²) in [5.74, 6) is -1.79. The summed E-state index contributed by atoms with van der Waals surface area (Å²) in [6.07, 6.45) is 6.72. The van der Waals surface area contributed by atoms with Crippen molar-refractivity contribution in [2.75, 3.05) is 6.61 Å². The van der Waals surface area contributed by atoms with E-state index in [4.69, 9.17) is 9.84 Å². The van der Waals surface area contributed by atoms with Crippen LogP contribution in [-0.4, -0.2) is 51.3 Å². The van der Waals surface area contributed by atoms with E-state index >= 15 is 0 Å². The van der Waals surface area contributed by atoms with Crippen molar-refractivity contribution >= 4 is 5.97 Å². The van der Waals surface area contributed by atoms with E-state index in [9.17, 15) is 24.5 Å². The molecular weight excluding hydrogens is 379 g/mol. The van der Waals surface area contributed by atoms with Crippen LogP contribution in [0.4, 0.5) is 4.39 Å². The summed E-state index contributed by atoms with van der Waals surface area (Å²) in [4.78, 5) is 10.5. The van der Waals surface area contributed by atoms with Gasteiger partial charge in [0.05, 0.1) is 12.2 Å². The Labute approximate surface area is 170 Å². The van der Waals surface area contributed by atoms with Crippen molar-refractivity contribution in [1.29, 1.82) is 0 Å². The first-order chi connectivity index (χ1) is 13.9. The van der Waals surface area contributed by atoms with E-state index in [1.165, 1.54) is 18.2 Å². The van der Waals surface area contributed by atoms with Crippen molar-refractivity contribution in [2.24, 2.45) is 11.8 Å². The number of benzene rings is 1. The van der Waals surface area contributed by atoms with Crippen molar-refractivity contribution in [3.8, 4) is 5.75 Å². The molecule has 1 aliphatic rings. The number of carboxylic acids is 1. The molecule has 0 unspecified atom stereocenters. The number of para-hydroxylation sites is 1. The zero-order valence-electron chi connectivity index (χ0n) is 16.2. The molecule has 2 rings (SSSR count). The normalized spacial score (nSPS) is 25.7. The average Bonchev–Trinajstić information content (AvgIpc) is 2.94. The summed E-state index contributed by atoms with van der Waals surface area (Å²) in [5.41, 5.74) is 0. The zero-order valence-corrected chi connectivity index (χ0v) is 16.2. The standard InChI is InChI=1S/C22H29FO6/c23-18-8-5-6-9-21(18)29-14-15(24)11-12-17-16(19(25)13-20(17)26)7-3-1-2-4-10-22(27)28/h1,3,5-6,8-9,11-12,15-17,19-20,24-26H,2,4,7,10,13-14H2,(H,27,28)/b3-1-,12-11+/t15-,16-,17-,19+,20-/m1/s1. The number of allylic oxidation sites excluding steroid dienone is 2. The lowest BCUT2D eigenvalue weighted by Gasteiger charge is -2.19. The van der Waals surface area contributed by atoms with Crippen LogP contribution in [0.3, 0.4) is 0 Å². The van der Waals surface area contributed by atoms with Gasteiger partial charge in [0.1, 0.15) is 12.7 Å². The van der Waals surface area contributed by atoms with Gasteiger partial charge in [0, 0.05) is 18.8 Å². The van der Waals surface area contributed by atoms with E-state index in [0.29, 0.717) is 19.3 Å². The molecule has 29 heavy (non-hydrogen) atoms. The third kappa shape index (κ3) is 7.61. The molecule has 5 atom stereocenters. The Morgan fingerprint density at radius 2 is 2.00 bits per heavy atom. The van der Waals surface area contributed by atoms with Gasteiger partial charge in [-0.15, -0.1) is 0 Å². The second kappa shape index (κ2) is 11.7. The van der Waals surface area contributed by atoms with Crippen molar-refractivity contribution in [1.82, 2.24) is 0 Å². The summed E-state index contributed by atoms with van der Waals surface area (Å²) in [5, 5.41) is 39.1. The molecule has 0 bridgehead atoms. The maximum Gasteiger partial charge on any atom is 0.303 e. The largest absolute Gasteiger partial charge is 0.487 e. The van der Waals surface area contributed by atoms with Gasteiger partial charge in [-0.05, 0) is 37.3 Å². The van der Waals surface area contributed by atoms with Crippen LogP contribution in [0.15, 0.2) is 48.6 Å². The summed E-state index contributed by atoms with van der Waals surface area (Å²) in [6, 6.07) is 5.93. The highest BCUT2D eigenvalue weighted by Crippen LogP contribution is 2.36. The molecule has 1 fully saturated rings. The van der Waals surface area contributed by atoms with Crippen molar-refractivity contribution in [3.05, 3.63) is 54.4 Å². The van der Waals surface area contributed by atoms with Crippen LogP contribution in [0.1, 0.15) is 32.1 Å². The lowest BCUT2D eigenvalue weighted by molar-refractivity contribution is -0.137. The van der Waals surface area contributed by atoms with Gasteiger partial charge in [-0.25, -0.2) is 4.39 Å². The number of hydrogen-bond acceptors (Lipinski definition) is 5. The minimum Gasteiger partial charge on any atom is -0.487 e. The molecule has 0 aromatic heterocycles. The molecule has 0 spiro atoms. The Bertz CT molecular complexity index is 704. The van der Waals surface area contributed by atoms with Gasteiger partial charge in [-0.3, -0.25) is 4.79 Å². The number of aliphatic hydroxyl groups is 3. The van der Waals surface area contributed by atoms with Crippen LogP contribution in [-0.2, 0) is 4.79 Å². The Morgan fingerprint density at radius 1 is 1.24 bits per heavy atom. The molecule has 1 saturated carbocycles. The van der Waals surface area contributed by atoms with Crippen LogP contribution in [0.25, 0.3) is 0 Å². The van der Waals surface area contributed by atoms with Gasteiger partial charge >= 0.3 is 5.97 Å². The van der Waals surface area contributed by atoms with E-state index in [1.54, 1.807) is 18.2 Å². The van der Waals surface area contributed by atoms with Gasteiger partial charge in [-0.1, -0.05) is 36.4 Å². The number of rotatable bonds is 11. The molecule has 0 saturated heterocycles. The number of carboxylic acid groups (broad SMARTS) is 1. The van der Waals surface area contributed by atoms with Gasteiger partial charge in [0.15, 0.2) is 11.6 Å². The first-order valence-electron chi connectivity index (χ1n) is 9.85. The van der Waals surface area contributed by atoms with E-state index in [1.807, 2.05) is 12.2 Å². The molecule has 7 heteroatoms. The third-order valence-electron chi connectivity index (χ3n) is 5.05. The fourth-order valence-corrected chi connectivity index (χ4v) is 3.50. The number of halogens is 1. The Morgan fingerprint density at radius 3 is 2.72 bits per heavy atom. The summed E-state index contributed by atoms with van der Waals surface area (Å²) < 4.78 is 18.8. The maximum absolute atomic E-state index is 13.5. The minimum absolute atomic E-state index is 0.0576. The highest BCUT2D eigenvalue weighted by molar-refractivity contribution is 5.66. The monoisotopic (exact) mass is 408 g/mol. The van der Waals surface area contributed by atoms with Crippen molar-refractivity contribution < 1.29 is 34.3 Å². The lowest BCUT2D eigenvalue weighted by atomic mass is 9.89. The fraction of sp³-hybridized carbons (Fsp3) is 0.500. The molecule has 6 nitrogen and oxygen atoms in total. The Kier molecular flexibility index (Phi) is 9.31. The van der Waals surface area contributed by atoms with Gasteiger partial charge < -0.3 is 25.2 Å². The molecule has 0 aliphatic heterocycles. The molecule has 1 aromatic rings. The Hall–Kier alpha value is -2.22. The smallest absolute Gasteiger partial charge is 0.303 e. The zero-order chi connectivity index (χ0) is 21.2. The average molecular weight is 408 g/mol. The quantitative estimate of drug-likeness (QED) is 0.331. The molecule has 4 N–H and O–H groups in total. The summed E-state index contributed by atoms with van der Waals surface area (Å²) in [6.45, 7) is -0.128. The number of hydrogen-bond donors (Lipinski definition) is 4. The fourth-order valence-electron chi connectivity index (χ4n) is 3.50. The Balaban J connectivity index is 1.84. The molecule has 0 heterocycles. The van der Waals surface area contributed by atoms with Crippen LogP contribution in [0.2, 0.25) is 0 Å². The van der Waals surface area contributed by atoms with Crippen LogP contribution in [0.5, 0.6) is 5.75 Å². The first-order valence-corrected chi connectivity index (χ1v) is 9.85. The van der Waals surface area contributed by atoms with Crippen molar-refractivity contribution in [2.45, 2.75) is 50.4 Å². The van der Waals surface area contributed by atoms with E-state index in [0.717, 1.165) is 0 Å². The molecule has 160 valence electrons. The van der Waals surface area contributed by atoms with Crippen LogP contribution in [0, 0.1) is 17.7 Å². The topological polar surface area (TPSA) is 107 Å². The predicted octanol–water partition coefficient (Wildman–Crippen LogP) is 2.68. The SMILES string of the molecule is O=C(O)CCC/C=C\C[C@@H]1[C@@H](/C=C/[C@@H](O)COc2ccccc2F)[C@H](O)C[C@@H]1O. The molecule has 1 aromatic carbocycles. The lowest BCUT2D eigenvalue weighted by Crippen LogP contribution is -2.21. The first kappa shape index (κ1) is 23.1. The maximum atomic E-state index is 13.5. The van der Waals surface area contributed by atoms with E-state index in [2.05, 4.69) is 0 Å². The predicted molar refractivity (Wildman–Crippen MR) is 106 cm³/mol. The number of carbonyl (C=O) groups is 1. The second-order valence-electron chi connectivity index (χ2n) is 7.30. The number of ether oxygens (including phenoxy) is 1. The van der Waals surface area contributed by atoms with E-state index < -0.39 is 30.1 Å². The second-order valence-corrected chi connectivity index (χ2v) is 7.30. The molecule has 1 aliphatic carbocycles. The van der Waals surface area contributed by atoms with Gasteiger partial charge in [0.25, 0.3) is 0 Å². The summed E-state index contributed by atoms with van der Waals surface area (Å²) >= 11 is 0. The highest BCUT2D eigenvalue weighted by Gasteiger charge is 2.39. The van der Waals surface area contributed by atoms with Crippen LogP contribution >= 0.6 is 0 Å². The number of aliphatic hydroxyl groups excluding tert-OH is 3. The number of aliphatic carboxylic acids is 1.